The number of thiophene rings is 1. The van der Waals surface area contributed by atoms with Gasteiger partial charge in [0.2, 0.25) is 0 Å². The SMILES string of the molecule is N#Cc1c(-c2ccc(NCc3ccccc3)cc2)csc1N. The van der Waals surface area contributed by atoms with Crippen molar-refractivity contribution in [2.75, 3.05) is 11.1 Å². The first-order chi connectivity index (χ1) is 10.8. The average Bonchev–Trinajstić information content (AvgIpc) is 2.95. The second kappa shape index (κ2) is 6.33. The largest absolute Gasteiger partial charge is 0.389 e. The lowest BCUT2D eigenvalue weighted by Gasteiger charge is -2.07. The zero-order valence-electron chi connectivity index (χ0n) is 11.9. The highest BCUT2D eigenvalue weighted by Gasteiger charge is 2.10. The van der Waals surface area contributed by atoms with Crippen molar-refractivity contribution in [2.24, 2.45) is 0 Å². The van der Waals surface area contributed by atoms with Gasteiger partial charge in [-0.25, -0.2) is 0 Å². The number of nitrogens with two attached hydrogens (primary N) is 1. The molecule has 108 valence electrons. The third-order valence-electron chi connectivity index (χ3n) is 3.47. The molecule has 3 aromatic rings. The Morgan fingerprint density at radius 3 is 2.45 bits per heavy atom. The summed E-state index contributed by atoms with van der Waals surface area (Å²) in [6.45, 7) is 0.787. The fourth-order valence-corrected chi connectivity index (χ4v) is 3.04. The van der Waals surface area contributed by atoms with Crippen LogP contribution in [0, 0.1) is 11.3 Å². The van der Waals surface area contributed by atoms with E-state index in [1.165, 1.54) is 16.9 Å². The molecule has 3 nitrogen and oxygen atoms in total. The van der Waals surface area contributed by atoms with Crippen molar-refractivity contribution < 1.29 is 0 Å². The first-order valence-corrected chi connectivity index (χ1v) is 7.81. The standard InChI is InChI=1S/C18H15N3S/c19-10-16-17(12-22-18(16)20)14-6-8-15(9-7-14)21-11-13-4-2-1-3-5-13/h1-9,12,21H,11,20H2. The summed E-state index contributed by atoms with van der Waals surface area (Å²) in [6, 6.07) is 20.5. The van der Waals surface area contributed by atoms with Gasteiger partial charge in [0.15, 0.2) is 0 Å². The van der Waals surface area contributed by atoms with Crippen LogP contribution in [0.5, 0.6) is 0 Å². The Bertz CT molecular complexity index is 799. The molecule has 0 saturated carbocycles. The summed E-state index contributed by atoms with van der Waals surface area (Å²) in [4.78, 5) is 0. The number of nitrogens with one attached hydrogen (secondary N) is 1. The van der Waals surface area contributed by atoms with Crippen molar-refractivity contribution >= 4 is 22.0 Å². The Morgan fingerprint density at radius 2 is 1.77 bits per heavy atom. The number of nitriles is 1. The molecule has 3 N–H and O–H groups in total. The highest BCUT2D eigenvalue weighted by atomic mass is 32.1. The quantitative estimate of drug-likeness (QED) is 0.747. The lowest BCUT2D eigenvalue weighted by molar-refractivity contribution is 1.15. The van der Waals surface area contributed by atoms with Gasteiger partial charge in [-0.1, -0.05) is 42.5 Å². The van der Waals surface area contributed by atoms with E-state index in [1.807, 2.05) is 47.8 Å². The molecular weight excluding hydrogens is 290 g/mol. The third kappa shape index (κ3) is 2.95. The fourth-order valence-electron chi connectivity index (χ4n) is 2.27. The van der Waals surface area contributed by atoms with Crippen LogP contribution in [0.3, 0.4) is 0 Å². The molecule has 4 heteroatoms. The zero-order chi connectivity index (χ0) is 15.4. The number of hydrogen-bond donors (Lipinski definition) is 2. The third-order valence-corrected chi connectivity index (χ3v) is 4.28. The summed E-state index contributed by atoms with van der Waals surface area (Å²) < 4.78 is 0. The van der Waals surface area contributed by atoms with Crippen molar-refractivity contribution in [3.63, 3.8) is 0 Å². The monoisotopic (exact) mass is 305 g/mol. The number of anilines is 2. The lowest BCUT2D eigenvalue weighted by atomic mass is 10.0. The summed E-state index contributed by atoms with van der Waals surface area (Å²) in [7, 11) is 0. The van der Waals surface area contributed by atoms with Gasteiger partial charge in [-0.05, 0) is 23.3 Å². The molecule has 3 rings (SSSR count). The van der Waals surface area contributed by atoms with Gasteiger partial charge in [0.25, 0.3) is 0 Å². The van der Waals surface area contributed by atoms with E-state index in [1.54, 1.807) is 0 Å². The molecule has 1 heterocycles. The molecule has 0 atom stereocenters. The van der Waals surface area contributed by atoms with Crippen LogP contribution >= 0.6 is 11.3 Å². The molecule has 22 heavy (non-hydrogen) atoms. The Labute approximate surface area is 133 Å². The Hall–Kier alpha value is -2.77. The van der Waals surface area contributed by atoms with Gasteiger partial charge in [0.05, 0.1) is 5.56 Å². The van der Waals surface area contributed by atoms with E-state index < -0.39 is 0 Å². The Kier molecular flexibility index (Phi) is 4.08. The number of nitrogen functional groups attached to an aromatic ring is 1. The van der Waals surface area contributed by atoms with Crippen molar-refractivity contribution in [1.29, 1.82) is 5.26 Å². The summed E-state index contributed by atoms with van der Waals surface area (Å²) in [5.74, 6) is 0. The van der Waals surface area contributed by atoms with E-state index in [4.69, 9.17) is 5.73 Å². The van der Waals surface area contributed by atoms with Crippen LogP contribution in [-0.4, -0.2) is 0 Å². The number of benzene rings is 2. The number of nitrogens with zero attached hydrogens (tertiary/aromatic N) is 1. The van der Waals surface area contributed by atoms with Crippen LogP contribution in [0.15, 0.2) is 60.0 Å². The summed E-state index contributed by atoms with van der Waals surface area (Å²) in [6.07, 6.45) is 0. The van der Waals surface area contributed by atoms with E-state index in [-0.39, 0.29) is 0 Å². The van der Waals surface area contributed by atoms with Crippen LogP contribution in [-0.2, 0) is 6.54 Å². The van der Waals surface area contributed by atoms with Crippen LogP contribution in [0.4, 0.5) is 10.7 Å². The zero-order valence-corrected chi connectivity index (χ0v) is 12.7. The maximum absolute atomic E-state index is 9.18. The van der Waals surface area contributed by atoms with Gasteiger partial charge in [-0.3, -0.25) is 0 Å². The van der Waals surface area contributed by atoms with Crippen LogP contribution in [0.25, 0.3) is 11.1 Å². The van der Waals surface area contributed by atoms with E-state index in [0.717, 1.165) is 23.4 Å². The van der Waals surface area contributed by atoms with Crippen molar-refractivity contribution in [3.05, 3.63) is 71.1 Å². The first kappa shape index (κ1) is 14.2. The highest BCUT2D eigenvalue weighted by Crippen LogP contribution is 2.33. The molecule has 0 aliphatic rings. The molecule has 0 bridgehead atoms. The molecule has 0 amide bonds. The number of rotatable bonds is 4. The Morgan fingerprint density at radius 1 is 1.05 bits per heavy atom. The molecular formula is C18H15N3S. The highest BCUT2D eigenvalue weighted by molar-refractivity contribution is 7.14. The predicted molar refractivity (Wildman–Crippen MR) is 92.7 cm³/mol. The molecule has 0 unspecified atom stereocenters. The lowest BCUT2D eigenvalue weighted by Crippen LogP contribution is -1.98. The summed E-state index contributed by atoms with van der Waals surface area (Å²) in [5.41, 5.74) is 10.6. The van der Waals surface area contributed by atoms with E-state index in [0.29, 0.717) is 10.6 Å². The minimum absolute atomic E-state index is 0.565. The second-order valence-corrected chi connectivity index (χ2v) is 5.83. The van der Waals surface area contributed by atoms with Crippen LogP contribution in [0.1, 0.15) is 11.1 Å². The minimum atomic E-state index is 0.565. The molecule has 0 spiro atoms. The molecule has 0 fully saturated rings. The first-order valence-electron chi connectivity index (χ1n) is 6.93. The summed E-state index contributed by atoms with van der Waals surface area (Å²) >= 11 is 1.40. The van der Waals surface area contributed by atoms with Crippen molar-refractivity contribution in [3.8, 4) is 17.2 Å². The minimum Gasteiger partial charge on any atom is -0.389 e. The average molecular weight is 305 g/mol. The number of hydrogen-bond acceptors (Lipinski definition) is 4. The summed E-state index contributed by atoms with van der Waals surface area (Å²) in [5, 5.41) is 15.1. The van der Waals surface area contributed by atoms with Gasteiger partial charge in [-0.2, -0.15) is 5.26 Å². The molecule has 0 aliphatic carbocycles. The fraction of sp³-hybridized carbons (Fsp3) is 0.0556. The van der Waals surface area contributed by atoms with E-state index in [2.05, 4.69) is 23.5 Å². The van der Waals surface area contributed by atoms with Gasteiger partial charge in [0.1, 0.15) is 11.1 Å². The van der Waals surface area contributed by atoms with Gasteiger partial charge < -0.3 is 11.1 Å². The topological polar surface area (TPSA) is 61.8 Å². The Balaban J connectivity index is 1.74. The maximum atomic E-state index is 9.18. The molecule has 0 radical (unpaired) electrons. The van der Waals surface area contributed by atoms with E-state index >= 15 is 0 Å². The smallest absolute Gasteiger partial charge is 0.104 e. The van der Waals surface area contributed by atoms with Gasteiger partial charge in [-0.15, -0.1) is 11.3 Å². The van der Waals surface area contributed by atoms with Crippen molar-refractivity contribution in [1.82, 2.24) is 0 Å². The molecule has 0 saturated heterocycles. The van der Waals surface area contributed by atoms with Gasteiger partial charge in [0, 0.05) is 23.2 Å². The van der Waals surface area contributed by atoms with Crippen molar-refractivity contribution in [2.45, 2.75) is 6.54 Å². The van der Waals surface area contributed by atoms with E-state index in [9.17, 15) is 5.26 Å². The molecule has 2 aromatic carbocycles. The maximum Gasteiger partial charge on any atom is 0.104 e. The van der Waals surface area contributed by atoms with Crippen LogP contribution in [0.2, 0.25) is 0 Å². The van der Waals surface area contributed by atoms with Crippen LogP contribution < -0.4 is 11.1 Å². The predicted octanol–water partition coefficient (Wildman–Crippen LogP) is 4.48. The normalized spacial score (nSPS) is 10.1. The molecule has 1 aromatic heterocycles. The van der Waals surface area contributed by atoms with Gasteiger partial charge >= 0.3 is 0 Å². The molecule has 0 aliphatic heterocycles. The second-order valence-electron chi connectivity index (χ2n) is 4.92.